The molecule has 4 rings (SSSR count). The number of hydrogen-bond donors (Lipinski definition) is 4. The van der Waals surface area contributed by atoms with E-state index in [2.05, 4.69) is 16.0 Å². The maximum atomic E-state index is 14.0. The lowest BCUT2D eigenvalue weighted by Gasteiger charge is -2.41. The zero-order valence-electron chi connectivity index (χ0n) is 27.6. The number of nitrogens with zero attached hydrogens (tertiary/aromatic N) is 2. The quantitative estimate of drug-likeness (QED) is 0.244. The number of nitrogens with two attached hydrogens (primary N) is 1. The van der Waals surface area contributed by atoms with Gasteiger partial charge in [0.15, 0.2) is 0 Å². The zero-order valence-corrected chi connectivity index (χ0v) is 28.4. The van der Waals surface area contributed by atoms with Gasteiger partial charge in [-0.25, -0.2) is 13.2 Å². The Labute approximate surface area is 268 Å². The summed E-state index contributed by atoms with van der Waals surface area (Å²) in [6.07, 6.45) is 7.57. The molecule has 2 saturated heterocycles. The van der Waals surface area contributed by atoms with E-state index in [9.17, 15) is 32.4 Å². The average molecular weight is 655 g/mol. The maximum Gasteiger partial charge on any atom is 0.315 e. The molecule has 0 aromatic heterocycles. The molecule has 0 radical (unpaired) electrons. The molecule has 0 aromatic rings. The van der Waals surface area contributed by atoms with E-state index in [1.54, 1.807) is 0 Å². The van der Waals surface area contributed by atoms with Crippen LogP contribution in [0, 0.1) is 11.3 Å². The number of nitrogens with one attached hydrogen (secondary N) is 3. The lowest BCUT2D eigenvalue weighted by Crippen LogP contribution is -2.63. The van der Waals surface area contributed by atoms with E-state index in [1.165, 1.54) is 9.21 Å². The highest BCUT2D eigenvalue weighted by Gasteiger charge is 2.44. The topological polar surface area (TPSA) is 188 Å². The van der Waals surface area contributed by atoms with Crippen molar-refractivity contribution in [1.29, 1.82) is 0 Å². The minimum Gasteiger partial charge on any atom is -0.363 e. The summed E-state index contributed by atoms with van der Waals surface area (Å²) in [5.74, 6) is -2.64. The first-order valence-corrected chi connectivity index (χ1v) is 18.2. The van der Waals surface area contributed by atoms with E-state index in [4.69, 9.17) is 5.73 Å². The van der Waals surface area contributed by atoms with E-state index in [0.717, 1.165) is 19.3 Å². The Morgan fingerprint density at radius 1 is 0.867 bits per heavy atom. The van der Waals surface area contributed by atoms with Crippen LogP contribution in [0.1, 0.15) is 105 Å². The Morgan fingerprint density at radius 3 is 2.09 bits per heavy atom. The third-order valence-corrected chi connectivity index (χ3v) is 11.5. The number of rotatable bonds is 11. The number of hydrogen-bond acceptors (Lipinski definition) is 7. The predicted molar refractivity (Wildman–Crippen MR) is 170 cm³/mol. The minimum absolute atomic E-state index is 0.195. The van der Waals surface area contributed by atoms with Crippen molar-refractivity contribution < 1.29 is 32.4 Å². The van der Waals surface area contributed by atoms with Gasteiger partial charge in [-0.2, -0.15) is 4.31 Å². The molecule has 45 heavy (non-hydrogen) atoms. The molecule has 2 aliphatic heterocycles. The second kappa shape index (κ2) is 15.7. The number of sulfonamides is 1. The van der Waals surface area contributed by atoms with Crippen LogP contribution in [0.5, 0.6) is 0 Å². The monoisotopic (exact) mass is 654 g/mol. The molecule has 256 valence electrons. The van der Waals surface area contributed by atoms with Gasteiger partial charge < -0.3 is 26.6 Å². The summed E-state index contributed by atoms with van der Waals surface area (Å²) in [6.45, 7) is 10.4. The van der Waals surface area contributed by atoms with Gasteiger partial charge in [0.2, 0.25) is 27.6 Å². The van der Waals surface area contributed by atoms with E-state index < -0.39 is 63.1 Å². The largest absolute Gasteiger partial charge is 0.363 e. The van der Waals surface area contributed by atoms with Crippen molar-refractivity contribution in [3.63, 3.8) is 0 Å². The van der Waals surface area contributed by atoms with Gasteiger partial charge in [0.05, 0.1) is 11.3 Å². The lowest BCUT2D eigenvalue weighted by molar-refractivity contribution is -0.147. The molecule has 0 spiro atoms. The highest BCUT2D eigenvalue weighted by molar-refractivity contribution is 7.90. The molecule has 4 aliphatic rings. The molecule has 2 saturated carbocycles. The smallest absolute Gasteiger partial charge is 0.315 e. The first-order chi connectivity index (χ1) is 21.2. The number of piperidine rings is 2. The SMILES string of the molecule is CC.CC(C)(C)C(NC(=O)NC1CCCN(S(=O)(=O)C2CC2)C1)C(=O)N1CCCCC1C(=O)NC(CC1CCC1)C(=O)C(N)=O. The number of amides is 5. The summed E-state index contributed by atoms with van der Waals surface area (Å²) < 4.78 is 26.9. The van der Waals surface area contributed by atoms with Crippen LogP contribution in [0.15, 0.2) is 0 Å². The van der Waals surface area contributed by atoms with Crippen LogP contribution >= 0.6 is 0 Å². The van der Waals surface area contributed by atoms with Crippen molar-refractivity contribution in [1.82, 2.24) is 25.2 Å². The molecular weight excluding hydrogens is 600 g/mol. The Balaban J connectivity index is 0.00000271. The number of Topliss-reactive ketones (excluding diaryl/α,β-unsaturated/α-hetero) is 1. The number of ketones is 1. The van der Waals surface area contributed by atoms with E-state index >= 15 is 0 Å². The van der Waals surface area contributed by atoms with E-state index in [0.29, 0.717) is 64.5 Å². The minimum atomic E-state index is -3.35. The summed E-state index contributed by atoms with van der Waals surface area (Å²) in [6, 6.07) is -3.83. The summed E-state index contributed by atoms with van der Waals surface area (Å²) in [4.78, 5) is 66.3. The van der Waals surface area contributed by atoms with Crippen LogP contribution < -0.4 is 21.7 Å². The highest BCUT2D eigenvalue weighted by Crippen LogP contribution is 2.33. The third-order valence-electron chi connectivity index (χ3n) is 9.17. The van der Waals surface area contributed by atoms with Crippen molar-refractivity contribution in [3.8, 4) is 0 Å². The molecule has 4 fully saturated rings. The van der Waals surface area contributed by atoms with Crippen LogP contribution in [0.2, 0.25) is 0 Å². The fourth-order valence-corrected chi connectivity index (χ4v) is 8.17. The van der Waals surface area contributed by atoms with Crippen LogP contribution in [0.4, 0.5) is 4.79 Å². The van der Waals surface area contributed by atoms with Gasteiger partial charge in [0.25, 0.3) is 5.91 Å². The summed E-state index contributed by atoms with van der Waals surface area (Å²) in [5, 5.41) is 8.07. The van der Waals surface area contributed by atoms with Crippen molar-refractivity contribution >= 4 is 39.6 Å². The molecule has 4 unspecified atom stereocenters. The summed E-state index contributed by atoms with van der Waals surface area (Å²) in [7, 11) is -3.35. The van der Waals surface area contributed by atoms with E-state index in [1.807, 2.05) is 34.6 Å². The first-order valence-electron chi connectivity index (χ1n) is 16.7. The Morgan fingerprint density at radius 2 is 1.53 bits per heavy atom. The number of urea groups is 1. The van der Waals surface area contributed by atoms with Crippen LogP contribution in [0.3, 0.4) is 0 Å². The van der Waals surface area contributed by atoms with Crippen LogP contribution in [-0.4, -0.2) is 96.2 Å². The predicted octanol–water partition coefficient (Wildman–Crippen LogP) is 1.79. The molecule has 0 bridgehead atoms. The van der Waals surface area contributed by atoms with Gasteiger partial charge in [-0.05, 0) is 62.7 Å². The molecule has 5 amide bonds. The molecule has 13 nitrogen and oxygen atoms in total. The fraction of sp³-hybridized carbons (Fsp3) is 0.839. The Bertz CT molecular complexity index is 1200. The van der Waals surface area contributed by atoms with Gasteiger partial charge in [-0.1, -0.05) is 53.9 Å². The molecule has 2 heterocycles. The molecule has 14 heteroatoms. The molecule has 2 aliphatic carbocycles. The fourth-order valence-electron chi connectivity index (χ4n) is 6.24. The number of carbonyl (C=O) groups excluding carboxylic acids is 5. The third kappa shape index (κ3) is 9.63. The maximum absolute atomic E-state index is 14.0. The molecule has 5 N–H and O–H groups in total. The van der Waals surface area contributed by atoms with Gasteiger partial charge >= 0.3 is 6.03 Å². The summed E-state index contributed by atoms with van der Waals surface area (Å²) in [5.41, 5.74) is 4.55. The highest BCUT2D eigenvalue weighted by atomic mass is 32.2. The normalized spacial score (nSPS) is 24.2. The van der Waals surface area contributed by atoms with Crippen molar-refractivity contribution in [2.24, 2.45) is 17.1 Å². The summed E-state index contributed by atoms with van der Waals surface area (Å²) >= 11 is 0. The number of carbonyl (C=O) groups is 5. The molecule has 4 atom stereocenters. The van der Waals surface area contributed by atoms with Crippen molar-refractivity contribution in [2.45, 2.75) is 135 Å². The zero-order chi connectivity index (χ0) is 33.5. The van der Waals surface area contributed by atoms with Crippen LogP contribution in [-0.2, 0) is 29.2 Å². The Hall–Kier alpha value is -2.74. The first kappa shape index (κ1) is 36.7. The average Bonchev–Trinajstić information content (AvgIpc) is 3.83. The Kier molecular flexibility index (Phi) is 12.8. The van der Waals surface area contributed by atoms with Gasteiger partial charge in [-0.3, -0.25) is 19.2 Å². The van der Waals surface area contributed by atoms with Gasteiger partial charge in [0, 0.05) is 25.7 Å². The van der Waals surface area contributed by atoms with E-state index in [-0.39, 0.29) is 23.8 Å². The second-order valence-corrected chi connectivity index (χ2v) is 15.9. The molecular formula is C31H54N6O7S. The number of likely N-dealkylation sites (tertiary alicyclic amines) is 1. The standard InChI is InChI=1S/C29H48N6O7S.C2H6/c1-29(2,3)24(33-28(40)31-19-10-7-14-34(17-19)43(41,42)20-12-13-20)27(39)35-15-5-4-11-22(35)26(38)32-21(23(36)25(30)37)16-18-8-6-9-18;1-2/h18-22,24H,4-17H2,1-3H3,(H2,30,37)(H,32,38)(H2,31,33,40);1-2H3. The molecule has 0 aromatic carbocycles. The number of primary amides is 1. The van der Waals surface area contributed by atoms with Gasteiger partial charge in [0.1, 0.15) is 12.1 Å². The van der Waals surface area contributed by atoms with Crippen molar-refractivity contribution in [3.05, 3.63) is 0 Å². The lowest BCUT2D eigenvalue weighted by atomic mass is 9.80. The van der Waals surface area contributed by atoms with Crippen LogP contribution in [0.25, 0.3) is 0 Å². The van der Waals surface area contributed by atoms with Gasteiger partial charge in [-0.15, -0.1) is 0 Å². The second-order valence-electron chi connectivity index (χ2n) is 13.7. The van der Waals surface area contributed by atoms with Crippen molar-refractivity contribution in [2.75, 3.05) is 19.6 Å².